The van der Waals surface area contributed by atoms with Crippen LogP contribution in [-0.4, -0.2) is 27.5 Å². The van der Waals surface area contributed by atoms with E-state index in [0.29, 0.717) is 5.75 Å². The van der Waals surface area contributed by atoms with E-state index in [2.05, 4.69) is 0 Å². The van der Waals surface area contributed by atoms with Crippen LogP contribution in [-0.2, 0) is 0 Å². The maximum atomic E-state index is 8.71. The average molecular weight is 138 g/mol. The molecule has 0 aromatic rings. The zero-order chi connectivity index (χ0) is 5.28. The molecule has 1 saturated heterocycles. The summed E-state index contributed by atoms with van der Waals surface area (Å²) in [5, 5.41) is 17.4. The summed E-state index contributed by atoms with van der Waals surface area (Å²) in [5.41, 5.74) is -0.551. The molecule has 1 rings (SSSR count). The highest BCUT2D eigenvalue weighted by molar-refractivity contribution is 8.77. The van der Waals surface area contributed by atoms with E-state index >= 15 is 0 Å². The zero-order valence-corrected chi connectivity index (χ0v) is 5.21. The monoisotopic (exact) mass is 138 g/mol. The van der Waals surface area contributed by atoms with Crippen molar-refractivity contribution in [1.29, 1.82) is 0 Å². The smallest absolute Gasteiger partial charge is 0.136 e. The summed E-state index contributed by atoms with van der Waals surface area (Å²) in [6.45, 7) is 0. The SMILES string of the molecule is O[C@@H]1CSS[C@H]1O. The standard InChI is InChI=1S/C3H6O2S2/c4-2-1-6-7-3(2)5/h2-5H,1H2/t2-,3-/m1/s1. The second-order valence-corrected chi connectivity index (χ2v) is 3.87. The van der Waals surface area contributed by atoms with Gasteiger partial charge in [-0.15, -0.1) is 0 Å². The Bertz CT molecular complexity index is 60.0. The van der Waals surface area contributed by atoms with E-state index in [9.17, 15) is 0 Å². The second-order valence-electron chi connectivity index (χ2n) is 1.34. The summed E-state index contributed by atoms with van der Waals surface area (Å²) in [6.07, 6.45) is -0.505. The van der Waals surface area contributed by atoms with Gasteiger partial charge in [-0.2, -0.15) is 0 Å². The van der Waals surface area contributed by atoms with Crippen molar-refractivity contribution in [2.45, 2.75) is 11.5 Å². The van der Waals surface area contributed by atoms with Gasteiger partial charge in [0.15, 0.2) is 0 Å². The maximum Gasteiger partial charge on any atom is 0.136 e. The lowest BCUT2D eigenvalue weighted by atomic mass is 10.4. The van der Waals surface area contributed by atoms with Crippen LogP contribution in [0.2, 0.25) is 0 Å². The van der Waals surface area contributed by atoms with Crippen LogP contribution in [0.5, 0.6) is 0 Å². The number of rotatable bonds is 0. The number of aliphatic hydroxyl groups is 2. The van der Waals surface area contributed by atoms with Crippen molar-refractivity contribution in [3.63, 3.8) is 0 Å². The van der Waals surface area contributed by atoms with E-state index in [1.807, 2.05) is 0 Å². The highest BCUT2D eigenvalue weighted by Gasteiger charge is 2.23. The summed E-state index contributed by atoms with van der Waals surface area (Å²) in [4.78, 5) is 0. The highest BCUT2D eigenvalue weighted by Crippen LogP contribution is 2.35. The fraction of sp³-hybridized carbons (Fsp3) is 1.00. The maximum absolute atomic E-state index is 8.71. The van der Waals surface area contributed by atoms with Gasteiger partial charge in [0.2, 0.25) is 0 Å². The largest absolute Gasteiger partial charge is 0.389 e. The Hall–Kier alpha value is 0.620. The quantitative estimate of drug-likeness (QED) is 0.464. The third-order valence-corrected chi connectivity index (χ3v) is 3.27. The predicted molar refractivity (Wildman–Crippen MR) is 32.1 cm³/mol. The van der Waals surface area contributed by atoms with E-state index < -0.39 is 11.5 Å². The Kier molecular flexibility index (Phi) is 1.86. The Balaban J connectivity index is 2.33. The minimum absolute atomic E-state index is 0.505. The van der Waals surface area contributed by atoms with Crippen LogP contribution in [0.4, 0.5) is 0 Å². The Morgan fingerprint density at radius 1 is 1.43 bits per heavy atom. The number of hydrogen-bond acceptors (Lipinski definition) is 4. The van der Waals surface area contributed by atoms with Crippen LogP contribution in [0.15, 0.2) is 0 Å². The topological polar surface area (TPSA) is 40.5 Å². The molecule has 0 aliphatic carbocycles. The van der Waals surface area contributed by atoms with Gasteiger partial charge in [-0.3, -0.25) is 0 Å². The van der Waals surface area contributed by atoms with E-state index in [0.717, 1.165) is 0 Å². The molecule has 7 heavy (non-hydrogen) atoms. The summed E-state index contributed by atoms with van der Waals surface area (Å²) < 4.78 is 0. The minimum Gasteiger partial charge on any atom is -0.389 e. The average Bonchev–Trinajstić information content (AvgIpc) is 1.91. The van der Waals surface area contributed by atoms with Crippen LogP contribution in [0.1, 0.15) is 0 Å². The van der Waals surface area contributed by atoms with Gasteiger partial charge in [0.25, 0.3) is 0 Å². The number of aliphatic hydroxyl groups excluding tert-OH is 2. The fourth-order valence-corrected chi connectivity index (χ4v) is 2.67. The predicted octanol–water partition coefficient (Wildman–Crippen LogP) is 0.0607. The van der Waals surface area contributed by atoms with Crippen LogP contribution < -0.4 is 0 Å². The van der Waals surface area contributed by atoms with Crippen molar-refractivity contribution in [1.82, 2.24) is 0 Å². The van der Waals surface area contributed by atoms with E-state index in [-0.39, 0.29) is 0 Å². The molecular formula is C3H6O2S2. The molecule has 0 radical (unpaired) electrons. The molecule has 2 nitrogen and oxygen atoms in total. The molecule has 0 bridgehead atoms. The van der Waals surface area contributed by atoms with Gasteiger partial charge in [-0.1, -0.05) is 21.6 Å². The Morgan fingerprint density at radius 3 is 2.29 bits per heavy atom. The van der Waals surface area contributed by atoms with Gasteiger partial charge in [-0.25, -0.2) is 0 Å². The molecule has 0 saturated carbocycles. The normalized spacial score (nSPS) is 42.0. The lowest BCUT2D eigenvalue weighted by molar-refractivity contribution is 0.0942. The molecule has 2 atom stereocenters. The molecule has 42 valence electrons. The molecular weight excluding hydrogens is 132 g/mol. The lowest BCUT2D eigenvalue weighted by Gasteiger charge is -2.00. The molecule has 0 amide bonds. The van der Waals surface area contributed by atoms with Gasteiger partial charge < -0.3 is 10.2 Å². The summed E-state index contributed by atoms with van der Waals surface area (Å²) in [7, 11) is 2.83. The summed E-state index contributed by atoms with van der Waals surface area (Å²) >= 11 is 0. The molecule has 0 aromatic carbocycles. The van der Waals surface area contributed by atoms with E-state index in [1.165, 1.54) is 21.6 Å². The van der Waals surface area contributed by atoms with Crippen molar-refractivity contribution in [2.75, 3.05) is 5.75 Å². The first-order valence-electron chi connectivity index (χ1n) is 1.95. The van der Waals surface area contributed by atoms with Crippen LogP contribution in [0, 0.1) is 0 Å². The van der Waals surface area contributed by atoms with Crippen molar-refractivity contribution in [3.8, 4) is 0 Å². The summed E-state index contributed by atoms with van der Waals surface area (Å²) in [6, 6.07) is 0. The van der Waals surface area contributed by atoms with Gasteiger partial charge in [0, 0.05) is 5.75 Å². The minimum atomic E-state index is -0.551. The zero-order valence-electron chi connectivity index (χ0n) is 3.57. The third-order valence-electron chi connectivity index (χ3n) is 0.735. The van der Waals surface area contributed by atoms with Crippen LogP contribution >= 0.6 is 21.6 Å². The molecule has 2 N–H and O–H groups in total. The Morgan fingerprint density at radius 2 is 2.14 bits per heavy atom. The second kappa shape index (κ2) is 2.26. The lowest BCUT2D eigenvalue weighted by Crippen LogP contribution is -2.18. The van der Waals surface area contributed by atoms with Crippen LogP contribution in [0.3, 0.4) is 0 Å². The van der Waals surface area contributed by atoms with Crippen molar-refractivity contribution < 1.29 is 10.2 Å². The Labute approximate surface area is 49.7 Å². The molecule has 1 heterocycles. The van der Waals surface area contributed by atoms with Gasteiger partial charge in [0.05, 0.1) is 6.10 Å². The molecule has 0 spiro atoms. The van der Waals surface area contributed by atoms with Crippen LogP contribution in [0.25, 0.3) is 0 Å². The molecule has 4 heteroatoms. The van der Waals surface area contributed by atoms with Gasteiger partial charge >= 0.3 is 0 Å². The molecule has 1 aliphatic rings. The van der Waals surface area contributed by atoms with Gasteiger partial charge in [-0.05, 0) is 0 Å². The summed E-state index contributed by atoms with van der Waals surface area (Å²) in [5.74, 6) is 0.659. The van der Waals surface area contributed by atoms with Crippen molar-refractivity contribution in [3.05, 3.63) is 0 Å². The van der Waals surface area contributed by atoms with Gasteiger partial charge in [0.1, 0.15) is 5.44 Å². The molecule has 0 unspecified atom stereocenters. The molecule has 0 aromatic heterocycles. The van der Waals surface area contributed by atoms with E-state index in [4.69, 9.17) is 10.2 Å². The number of hydrogen-bond donors (Lipinski definition) is 2. The van der Waals surface area contributed by atoms with Crippen molar-refractivity contribution in [2.24, 2.45) is 0 Å². The first kappa shape index (κ1) is 5.75. The first-order valence-corrected chi connectivity index (χ1v) is 4.33. The first-order chi connectivity index (χ1) is 3.30. The van der Waals surface area contributed by atoms with Crippen molar-refractivity contribution >= 4 is 21.6 Å². The molecule has 1 fully saturated rings. The highest BCUT2D eigenvalue weighted by atomic mass is 33.1. The fourth-order valence-electron chi connectivity index (χ4n) is 0.325. The third kappa shape index (κ3) is 1.25. The molecule has 1 aliphatic heterocycles. The van der Waals surface area contributed by atoms with E-state index in [1.54, 1.807) is 0 Å².